The molecule has 2 aliphatic heterocycles. The Bertz CT molecular complexity index is 225. The summed E-state index contributed by atoms with van der Waals surface area (Å²) in [6.45, 7) is 17.8. The summed E-state index contributed by atoms with van der Waals surface area (Å²) < 4.78 is 11.8. The summed E-state index contributed by atoms with van der Waals surface area (Å²) in [6, 6.07) is 0. The van der Waals surface area contributed by atoms with Crippen LogP contribution < -0.4 is 0 Å². The molecule has 0 aromatic heterocycles. The Hall–Kier alpha value is 1.14. The first kappa shape index (κ1) is 26.4. The molecule has 4 nitrogen and oxygen atoms in total. The van der Waals surface area contributed by atoms with Crippen molar-refractivity contribution in [3.63, 3.8) is 0 Å². The first-order chi connectivity index (χ1) is 11.1. The Kier molecular flexibility index (Phi) is 26.5. The molecule has 2 fully saturated rings. The fourth-order valence-electron chi connectivity index (χ4n) is 1.52. The maximum Gasteiger partial charge on any atom is 0.00878 e. The quantitative estimate of drug-likeness (QED) is 0.535. The minimum atomic E-state index is -1.99. The molecule has 7 heteroatoms. The van der Waals surface area contributed by atoms with Gasteiger partial charge in [0.15, 0.2) is 0 Å². The van der Waals surface area contributed by atoms with E-state index in [9.17, 15) is 0 Å². The molecule has 2 saturated heterocycles. The maximum atomic E-state index is 5.73. The molecule has 140 valence electrons. The predicted molar refractivity (Wildman–Crippen MR) is 96.5 cm³/mol. The number of ether oxygens (including phenoxy) is 2. The maximum absolute atomic E-state index is 5.73. The Balaban J connectivity index is 0. The summed E-state index contributed by atoms with van der Waals surface area (Å²) in [6.07, 6.45) is 4.75. The van der Waals surface area contributed by atoms with Gasteiger partial charge in [-0.15, -0.1) is 0 Å². The Labute approximate surface area is 158 Å². The van der Waals surface area contributed by atoms with Crippen LogP contribution in [0.25, 0.3) is 5.32 Å². The zero-order chi connectivity index (χ0) is 17.8. The summed E-state index contributed by atoms with van der Waals surface area (Å²) in [5.41, 5.74) is 0. The van der Waals surface area contributed by atoms with Crippen LogP contribution in [0, 0.1) is 13.2 Å². The van der Waals surface area contributed by atoms with Crippen molar-refractivity contribution in [3.05, 3.63) is 18.5 Å². The third-order valence-corrected chi connectivity index (χ3v) is 8.41. The van der Waals surface area contributed by atoms with E-state index < -0.39 is 19.2 Å². The average molecular weight is 449 g/mol. The van der Waals surface area contributed by atoms with E-state index in [1.807, 2.05) is 27.1 Å². The van der Waals surface area contributed by atoms with Crippen LogP contribution in [0.3, 0.4) is 0 Å². The second kappa shape index (κ2) is 23.1. The molecule has 2 aliphatic rings. The van der Waals surface area contributed by atoms with E-state index >= 15 is 0 Å². The molecular weight excluding hydrogens is 414 g/mol. The number of rotatable bonds is 4. The normalized spacial score (nSPS) is 15.4. The van der Waals surface area contributed by atoms with Crippen LogP contribution in [-0.2, 0) is 28.7 Å². The molecule has 0 aromatic rings. The van der Waals surface area contributed by atoms with Crippen LogP contribution in [0.5, 0.6) is 0 Å². The van der Waals surface area contributed by atoms with Crippen molar-refractivity contribution in [2.24, 2.45) is 0 Å². The SMILES string of the molecule is CC[N+](CC)=[Zr]([Cl])[Cl].CC[N-]CC.[CH-]1CCCO1.[CH-]1CCCO1. The summed E-state index contributed by atoms with van der Waals surface area (Å²) in [5.74, 6) is 0. The zero-order valence-electron chi connectivity index (χ0n) is 15.2. The van der Waals surface area contributed by atoms with Crippen LogP contribution in [0.2, 0.25) is 0 Å². The van der Waals surface area contributed by atoms with Crippen molar-refractivity contribution in [2.45, 2.75) is 53.4 Å². The van der Waals surface area contributed by atoms with Gasteiger partial charge >= 0.3 is 65.6 Å². The van der Waals surface area contributed by atoms with Gasteiger partial charge in [0.1, 0.15) is 0 Å². The van der Waals surface area contributed by atoms with Crippen molar-refractivity contribution in [2.75, 3.05) is 39.4 Å². The molecular formula is C16H34Cl2N2O2Zr-2. The Morgan fingerprint density at radius 1 is 0.913 bits per heavy atom. The molecule has 0 atom stereocenters. The molecule has 0 radical (unpaired) electrons. The number of halogens is 2. The van der Waals surface area contributed by atoms with E-state index in [0.29, 0.717) is 0 Å². The topological polar surface area (TPSA) is 35.6 Å². The van der Waals surface area contributed by atoms with Crippen LogP contribution in [0.4, 0.5) is 0 Å². The van der Waals surface area contributed by atoms with Gasteiger partial charge in [-0.1, -0.05) is 26.7 Å². The van der Waals surface area contributed by atoms with Gasteiger partial charge in [-0.25, -0.2) is 13.2 Å². The van der Waals surface area contributed by atoms with Crippen molar-refractivity contribution in [1.82, 2.24) is 0 Å². The second-order valence-corrected chi connectivity index (χ2v) is 12.7. The Morgan fingerprint density at radius 3 is 1.39 bits per heavy atom. The predicted octanol–water partition coefficient (Wildman–Crippen LogP) is 5.47. The number of hydrogen-bond acceptors (Lipinski definition) is 2. The molecule has 23 heavy (non-hydrogen) atoms. The van der Waals surface area contributed by atoms with Crippen molar-refractivity contribution < 1.29 is 31.1 Å². The van der Waals surface area contributed by atoms with Crippen molar-refractivity contribution in [1.29, 1.82) is 0 Å². The third-order valence-electron chi connectivity index (χ3n) is 2.85. The largest absolute Gasteiger partial charge is 0.663 e. The van der Waals surface area contributed by atoms with Gasteiger partial charge in [-0.2, -0.15) is 25.9 Å². The summed E-state index contributed by atoms with van der Waals surface area (Å²) in [4.78, 5) is 0. The first-order valence-electron chi connectivity index (χ1n) is 8.56. The molecule has 0 aromatic carbocycles. The van der Waals surface area contributed by atoms with Gasteiger partial charge in [0.25, 0.3) is 0 Å². The van der Waals surface area contributed by atoms with Crippen LogP contribution in [0.15, 0.2) is 0 Å². The number of nitrogens with zero attached hydrogens (tertiary/aromatic N) is 2. The Morgan fingerprint density at radius 2 is 1.35 bits per heavy atom. The van der Waals surface area contributed by atoms with E-state index in [2.05, 4.69) is 21.6 Å². The van der Waals surface area contributed by atoms with E-state index in [-0.39, 0.29) is 0 Å². The van der Waals surface area contributed by atoms with Gasteiger partial charge in [0, 0.05) is 13.2 Å². The summed E-state index contributed by atoms with van der Waals surface area (Å²) in [5, 5.41) is 3.97. The fourth-order valence-corrected chi connectivity index (χ4v) is 5.52. The smallest absolute Gasteiger partial charge is 0.00878 e. The molecule has 2 heterocycles. The molecule has 0 amide bonds. The van der Waals surface area contributed by atoms with E-state index in [4.69, 9.17) is 26.5 Å². The minimum Gasteiger partial charge on any atom is -0.663 e. The molecule has 2 rings (SSSR count). The van der Waals surface area contributed by atoms with Gasteiger partial charge in [-0.3, -0.25) is 0 Å². The van der Waals surface area contributed by atoms with Crippen LogP contribution in [0.1, 0.15) is 53.4 Å². The van der Waals surface area contributed by atoms with Crippen LogP contribution >= 0.6 is 17.0 Å². The molecule has 0 unspecified atom stereocenters. The molecule has 0 bridgehead atoms. The van der Waals surface area contributed by atoms with Gasteiger partial charge in [0.05, 0.1) is 0 Å². The average Bonchev–Trinajstić information content (AvgIpc) is 3.28. The fraction of sp³-hybridized carbons (Fsp3) is 0.875. The van der Waals surface area contributed by atoms with E-state index in [1.165, 1.54) is 12.8 Å². The van der Waals surface area contributed by atoms with Gasteiger partial charge < -0.3 is 14.8 Å². The third kappa shape index (κ3) is 23.1. The van der Waals surface area contributed by atoms with Crippen molar-refractivity contribution in [3.8, 4) is 0 Å². The number of hydrogen-bond donors (Lipinski definition) is 0. The molecule has 0 N–H and O–H groups in total. The van der Waals surface area contributed by atoms with Gasteiger partial charge in [-0.05, 0) is 0 Å². The molecule has 0 aliphatic carbocycles. The van der Waals surface area contributed by atoms with Gasteiger partial charge in [0.2, 0.25) is 0 Å². The molecule has 0 saturated carbocycles. The summed E-state index contributed by atoms with van der Waals surface area (Å²) >= 11 is -1.99. The van der Waals surface area contributed by atoms with E-state index in [1.54, 1.807) is 0 Å². The first-order valence-corrected chi connectivity index (χ1v) is 16.0. The van der Waals surface area contributed by atoms with E-state index in [0.717, 1.165) is 52.2 Å². The van der Waals surface area contributed by atoms with Crippen LogP contribution in [-0.4, -0.2) is 41.8 Å². The standard InChI is InChI=1S/2C4H10N.2C4H7O.2ClH.Zr/c2*1-3-5-4-2;2*1-2-4-5-3-1;;;/h2*3-4H2,1-2H3;2*3H,1-2,4H2;2*1H;/q4*-1;;;+4/p-2. The monoisotopic (exact) mass is 446 g/mol. The minimum absolute atomic E-state index is 0.944. The summed E-state index contributed by atoms with van der Waals surface area (Å²) in [7, 11) is 11.5. The molecule has 0 spiro atoms. The van der Waals surface area contributed by atoms with Crippen molar-refractivity contribution >= 4 is 17.0 Å². The second-order valence-electron chi connectivity index (χ2n) is 4.63. The zero-order valence-corrected chi connectivity index (χ0v) is 19.2.